The molecule has 0 radical (unpaired) electrons. The molecule has 2 rings (SSSR count). The van der Waals surface area contributed by atoms with E-state index in [2.05, 4.69) is 35.9 Å². The number of ketones is 1. The molecular formula is C15H22N2O. The van der Waals surface area contributed by atoms with Crippen LogP contribution in [0.3, 0.4) is 0 Å². The van der Waals surface area contributed by atoms with Crippen molar-refractivity contribution in [3.63, 3.8) is 0 Å². The topological polar surface area (TPSA) is 23.6 Å². The van der Waals surface area contributed by atoms with E-state index in [9.17, 15) is 4.79 Å². The molecule has 1 heterocycles. The molecule has 1 aromatic carbocycles. The molecule has 3 nitrogen and oxygen atoms in total. The molecule has 0 aliphatic carbocycles. The minimum Gasteiger partial charge on any atom is -0.303 e. The van der Waals surface area contributed by atoms with E-state index in [0.29, 0.717) is 12.2 Å². The summed E-state index contributed by atoms with van der Waals surface area (Å²) in [4.78, 5) is 16.8. The Hall–Kier alpha value is -1.19. The smallest absolute Gasteiger partial charge is 0.155 e. The highest BCUT2D eigenvalue weighted by Gasteiger charge is 2.27. The lowest BCUT2D eigenvalue weighted by Gasteiger charge is -2.36. The fourth-order valence-corrected chi connectivity index (χ4v) is 2.50. The number of nitrogens with zero attached hydrogens (tertiary/aromatic N) is 2. The number of benzene rings is 1. The summed E-state index contributed by atoms with van der Waals surface area (Å²) in [6, 6.07) is 8.27. The molecule has 3 heteroatoms. The fourth-order valence-electron chi connectivity index (χ4n) is 2.50. The zero-order chi connectivity index (χ0) is 13.1. The molecular weight excluding hydrogens is 224 g/mol. The molecule has 1 fully saturated rings. The molecule has 1 aliphatic rings. The zero-order valence-electron chi connectivity index (χ0n) is 11.5. The van der Waals surface area contributed by atoms with Gasteiger partial charge >= 0.3 is 0 Å². The van der Waals surface area contributed by atoms with Gasteiger partial charge in [-0.25, -0.2) is 0 Å². The van der Waals surface area contributed by atoms with Gasteiger partial charge in [-0.1, -0.05) is 29.8 Å². The molecule has 0 saturated carbocycles. The van der Waals surface area contributed by atoms with Crippen molar-refractivity contribution >= 4 is 5.78 Å². The number of aryl methyl sites for hydroxylation is 1. The summed E-state index contributed by atoms with van der Waals surface area (Å²) in [6.07, 6.45) is 0.546. The molecule has 0 bridgehead atoms. The van der Waals surface area contributed by atoms with Gasteiger partial charge < -0.3 is 4.90 Å². The van der Waals surface area contributed by atoms with Gasteiger partial charge in [0.1, 0.15) is 0 Å². The molecule has 98 valence electrons. The van der Waals surface area contributed by atoms with Gasteiger partial charge in [0.2, 0.25) is 0 Å². The molecule has 1 saturated heterocycles. The van der Waals surface area contributed by atoms with Crippen LogP contribution in [0.15, 0.2) is 24.3 Å². The number of piperazine rings is 1. The first-order valence-corrected chi connectivity index (χ1v) is 6.53. The molecule has 0 spiro atoms. The molecule has 1 unspecified atom stereocenters. The van der Waals surface area contributed by atoms with E-state index in [-0.39, 0.29) is 6.04 Å². The van der Waals surface area contributed by atoms with E-state index >= 15 is 0 Å². The first kappa shape index (κ1) is 13.2. The molecule has 0 N–H and O–H groups in total. The van der Waals surface area contributed by atoms with E-state index in [1.54, 1.807) is 0 Å². The Morgan fingerprint density at radius 1 is 1.33 bits per heavy atom. The second kappa shape index (κ2) is 5.63. The lowest BCUT2D eigenvalue weighted by molar-refractivity contribution is -0.125. The van der Waals surface area contributed by atoms with Crippen molar-refractivity contribution in [2.24, 2.45) is 0 Å². The van der Waals surface area contributed by atoms with Gasteiger partial charge in [-0.2, -0.15) is 0 Å². The number of carbonyl (C=O) groups is 1. The van der Waals surface area contributed by atoms with Gasteiger partial charge in [-0.05, 0) is 26.6 Å². The van der Waals surface area contributed by atoms with Crippen LogP contribution in [-0.4, -0.2) is 55.4 Å². The van der Waals surface area contributed by atoms with E-state index < -0.39 is 0 Å². The Kier molecular flexibility index (Phi) is 4.15. The predicted octanol–water partition coefficient (Wildman–Crippen LogP) is 1.35. The van der Waals surface area contributed by atoms with Crippen molar-refractivity contribution in [1.29, 1.82) is 0 Å². The Bertz CT molecular complexity index is 430. The molecule has 1 aliphatic heterocycles. The first-order valence-electron chi connectivity index (χ1n) is 6.53. The minimum absolute atomic E-state index is 0.0456. The van der Waals surface area contributed by atoms with Crippen LogP contribution in [0.4, 0.5) is 0 Å². The monoisotopic (exact) mass is 246 g/mol. The van der Waals surface area contributed by atoms with Gasteiger partial charge in [-0.15, -0.1) is 0 Å². The average molecular weight is 246 g/mol. The summed E-state index contributed by atoms with van der Waals surface area (Å²) in [5, 5.41) is 0. The van der Waals surface area contributed by atoms with Crippen LogP contribution in [0.1, 0.15) is 11.1 Å². The molecule has 18 heavy (non-hydrogen) atoms. The van der Waals surface area contributed by atoms with E-state index in [4.69, 9.17) is 0 Å². The maximum Gasteiger partial charge on any atom is 0.155 e. The van der Waals surface area contributed by atoms with Crippen LogP contribution in [0, 0.1) is 6.92 Å². The number of rotatable bonds is 3. The lowest BCUT2D eigenvalue weighted by atomic mass is 10.00. The highest BCUT2D eigenvalue weighted by atomic mass is 16.1. The van der Waals surface area contributed by atoms with Crippen molar-refractivity contribution in [3.05, 3.63) is 35.4 Å². The van der Waals surface area contributed by atoms with Crippen LogP contribution in [0.2, 0.25) is 0 Å². The third kappa shape index (κ3) is 3.18. The standard InChI is InChI=1S/C15H22N2O/c1-12-5-4-6-13(9-12)10-15(18)14-11-16(2)7-8-17(14)3/h4-6,9,14H,7-8,10-11H2,1-3H3. The lowest BCUT2D eigenvalue weighted by Crippen LogP contribution is -2.53. The van der Waals surface area contributed by atoms with E-state index in [0.717, 1.165) is 25.2 Å². The second-order valence-electron chi connectivity index (χ2n) is 5.39. The summed E-state index contributed by atoms with van der Waals surface area (Å²) in [5.74, 6) is 0.328. The van der Waals surface area contributed by atoms with E-state index in [1.165, 1.54) is 5.56 Å². The van der Waals surface area contributed by atoms with Crippen LogP contribution < -0.4 is 0 Å². The van der Waals surface area contributed by atoms with Crippen molar-refractivity contribution < 1.29 is 4.79 Å². The molecule has 0 amide bonds. The molecule has 1 aromatic rings. The maximum absolute atomic E-state index is 12.4. The summed E-state index contributed by atoms with van der Waals surface area (Å²) in [6.45, 7) is 4.93. The normalized spacial score (nSPS) is 22.1. The Balaban J connectivity index is 2.02. The summed E-state index contributed by atoms with van der Waals surface area (Å²) in [7, 11) is 4.13. The summed E-state index contributed by atoms with van der Waals surface area (Å²) in [5.41, 5.74) is 2.34. The summed E-state index contributed by atoms with van der Waals surface area (Å²) >= 11 is 0. The van der Waals surface area contributed by atoms with Gasteiger partial charge in [0.15, 0.2) is 5.78 Å². The molecule has 0 aromatic heterocycles. The van der Waals surface area contributed by atoms with E-state index in [1.807, 2.05) is 19.2 Å². The number of hydrogen-bond acceptors (Lipinski definition) is 3. The Morgan fingerprint density at radius 3 is 2.83 bits per heavy atom. The minimum atomic E-state index is 0.0456. The number of Topliss-reactive ketones (excluding diaryl/α,β-unsaturated/α-hetero) is 1. The van der Waals surface area contributed by atoms with Crippen molar-refractivity contribution in [3.8, 4) is 0 Å². The highest BCUT2D eigenvalue weighted by Crippen LogP contribution is 2.11. The third-order valence-electron chi connectivity index (χ3n) is 3.68. The SMILES string of the molecule is Cc1cccc(CC(=O)C2CN(C)CCN2C)c1. The Morgan fingerprint density at radius 2 is 2.11 bits per heavy atom. The average Bonchev–Trinajstić information content (AvgIpc) is 2.32. The summed E-state index contributed by atoms with van der Waals surface area (Å²) < 4.78 is 0. The van der Waals surface area contributed by atoms with Gasteiger partial charge in [0.25, 0.3) is 0 Å². The predicted molar refractivity (Wildman–Crippen MR) is 73.8 cm³/mol. The van der Waals surface area contributed by atoms with Gasteiger partial charge in [-0.3, -0.25) is 9.69 Å². The first-order chi connectivity index (χ1) is 8.56. The second-order valence-corrected chi connectivity index (χ2v) is 5.39. The fraction of sp³-hybridized carbons (Fsp3) is 0.533. The van der Waals surface area contributed by atoms with Crippen LogP contribution in [0.25, 0.3) is 0 Å². The molecule has 1 atom stereocenters. The number of likely N-dealkylation sites (N-methyl/N-ethyl adjacent to an activating group) is 2. The third-order valence-corrected chi connectivity index (χ3v) is 3.68. The van der Waals surface area contributed by atoms with Crippen molar-refractivity contribution in [2.75, 3.05) is 33.7 Å². The zero-order valence-corrected chi connectivity index (χ0v) is 11.5. The van der Waals surface area contributed by atoms with Crippen molar-refractivity contribution in [2.45, 2.75) is 19.4 Å². The largest absolute Gasteiger partial charge is 0.303 e. The van der Waals surface area contributed by atoms with Gasteiger partial charge in [0.05, 0.1) is 6.04 Å². The van der Waals surface area contributed by atoms with Crippen LogP contribution >= 0.6 is 0 Å². The van der Waals surface area contributed by atoms with Crippen LogP contribution in [0.5, 0.6) is 0 Å². The van der Waals surface area contributed by atoms with Crippen molar-refractivity contribution in [1.82, 2.24) is 9.80 Å². The maximum atomic E-state index is 12.4. The Labute approximate surface area is 109 Å². The highest BCUT2D eigenvalue weighted by molar-refractivity contribution is 5.86. The number of carbonyl (C=O) groups excluding carboxylic acids is 1. The van der Waals surface area contributed by atoms with Crippen LogP contribution in [-0.2, 0) is 11.2 Å². The quantitative estimate of drug-likeness (QED) is 0.804. The van der Waals surface area contributed by atoms with Gasteiger partial charge in [0, 0.05) is 26.1 Å². The number of hydrogen-bond donors (Lipinski definition) is 0.